The average molecular weight is 283 g/mol. The number of Topliss-reactive ketones (excluding diaryl/α,β-unsaturated/α-hetero) is 1. The molecule has 2 aromatic rings. The van der Waals surface area contributed by atoms with Crippen LogP contribution < -0.4 is 9.64 Å². The first kappa shape index (κ1) is 15.1. The Bertz CT molecular complexity index is 605. The third kappa shape index (κ3) is 4.09. The van der Waals surface area contributed by atoms with Crippen molar-refractivity contribution in [3.8, 4) is 5.75 Å². The number of likely N-dealkylation sites (N-methyl/N-ethyl adjacent to an activating group) is 1. The van der Waals surface area contributed by atoms with Crippen molar-refractivity contribution in [1.82, 2.24) is 0 Å². The first-order valence-corrected chi connectivity index (χ1v) is 7.08. The Hall–Kier alpha value is -2.29. The lowest BCUT2D eigenvalue weighted by Crippen LogP contribution is -2.24. The van der Waals surface area contributed by atoms with Crippen LogP contribution in [0.3, 0.4) is 0 Å². The second kappa shape index (κ2) is 6.93. The summed E-state index contributed by atoms with van der Waals surface area (Å²) >= 11 is 0. The Labute approximate surface area is 126 Å². The molecule has 0 heterocycles. The third-order valence-corrected chi connectivity index (χ3v) is 3.43. The van der Waals surface area contributed by atoms with E-state index in [0.717, 1.165) is 12.2 Å². The molecule has 21 heavy (non-hydrogen) atoms. The van der Waals surface area contributed by atoms with Crippen molar-refractivity contribution in [2.45, 2.75) is 13.8 Å². The monoisotopic (exact) mass is 283 g/mol. The number of carbonyl (C=O) groups excluding carboxylic acids is 1. The van der Waals surface area contributed by atoms with Crippen LogP contribution in [-0.4, -0.2) is 26.0 Å². The maximum atomic E-state index is 11.5. The van der Waals surface area contributed by atoms with Gasteiger partial charge in [-0.25, -0.2) is 0 Å². The highest BCUT2D eigenvalue weighted by Crippen LogP contribution is 2.19. The van der Waals surface area contributed by atoms with E-state index in [2.05, 4.69) is 36.1 Å². The van der Waals surface area contributed by atoms with Gasteiger partial charge in [-0.2, -0.15) is 0 Å². The molecule has 2 rings (SSSR count). The SMILES string of the molecule is CC(=O)c1ccccc1OCCN(C)c1ccc(C)cc1. The minimum absolute atomic E-state index is 0.0255. The number of carbonyl (C=O) groups is 1. The molecule has 0 atom stereocenters. The highest BCUT2D eigenvalue weighted by Gasteiger charge is 2.07. The van der Waals surface area contributed by atoms with Gasteiger partial charge in [0.25, 0.3) is 0 Å². The van der Waals surface area contributed by atoms with Gasteiger partial charge in [-0.3, -0.25) is 4.79 Å². The molecule has 110 valence electrons. The number of hydrogen-bond acceptors (Lipinski definition) is 3. The lowest BCUT2D eigenvalue weighted by atomic mass is 10.1. The van der Waals surface area contributed by atoms with Gasteiger partial charge < -0.3 is 9.64 Å². The van der Waals surface area contributed by atoms with E-state index in [0.29, 0.717) is 17.9 Å². The molecule has 0 fully saturated rings. The molecule has 0 aliphatic heterocycles. The van der Waals surface area contributed by atoms with Crippen molar-refractivity contribution in [2.24, 2.45) is 0 Å². The number of ether oxygens (including phenoxy) is 1. The summed E-state index contributed by atoms with van der Waals surface area (Å²) in [6, 6.07) is 15.7. The summed E-state index contributed by atoms with van der Waals surface area (Å²) in [5, 5.41) is 0. The zero-order valence-electron chi connectivity index (χ0n) is 12.8. The molecule has 0 unspecified atom stereocenters. The normalized spacial score (nSPS) is 10.2. The molecule has 0 bridgehead atoms. The fourth-order valence-electron chi connectivity index (χ4n) is 2.10. The predicted octanol–water partition coefficient (Wildman–Crippen LogP) is 3.71. The predicted molar refractivity (Wildman–Crippen MR) is 86.4 cm³/mol. The molecule has 0 aromatic heterocycles. The maximum Gasteiger partial charge on any atom is 0.163 e. The minimum Gasteiger partial charge on any atom is -0.491 e. The highest BCUT2D eigenvalue weighted by atomic mass is 16.5. The molecule has 3 nitrogen and oxygen atoms in total. The van der Waals surface area contributed by atoms with E-state index < -0.39 is 0 Å². The van der Waals surface area contributed by atoms with E-state index in [1.807, 2.05) is 25.2 Å². The van der Waals surface area contributed by atoms with Crippen LogP contribution in [0.5, 0.6) is 5.75 Å². The van der Waals surface area contributed by atoms with E-state index in [4.69, 9.17) is 4.74 Å². The summed E-state index contributed by atoms with van der Waals surface area (Å²) in [6.07, 6.45) is 0. The van der Waals surface area contributed by atoms with Crippen molar-refractivity contribution < 1.29 is 9.53 Å². The number of para-hydroxylation sites is 1. The number of rotatable bonds is 6. The second-order valence-corrected chi connectivity index (χ2v) is 5.16. The van der Waals surface area contributed by atoms with Gasteiger partial charge in [0.15, 0.2) is 5.78 Å². The van der Waals surface area contributed by atoms with Gasteiger partial charge in [-0.15, -0.1) is 0 Å². The van der Waals surface area contributed by atoms with Crippen molar-refractivity contribution in [1.29, 1.82) is 0 Å². The summed E-state index contributed by atoms with van der Waals surface area (Å²) in [6.45, 7) is 4.93. The lowest BCUT2D eigenvalue weighted by Gasteiger charge is -2.20. The van der Waals surface area contributed by atoms with Crippen LogP contribution in [0, 0.1) is 6.92 Å². The zero-order chi connectivity index (χ0) is 15.2. The number of anilines is 1. The van der Waals surface area contributed by atoms with Gasteiger partial charge in [-0.1, -0.05) is 29.8 Å². The average Bonchev–Trinajstić information content (AvgIpc) is 2.48. The van der Waals surface area contributed by atoms with Crippen LogP contribution in [0.25, 0.3) is 0 Å². The number of ketones is 1. The summed E-state index contributed by atoms with van der Waals surface area (Å²) in [4.78, 5) is 13.7. The van der Waals surface area contributed by atoms with E-state index in [1.54, 1.807) is 13.0 Å². The molecule has 0 amide bonds. The first-order chi connectivity index (χ1) is 10.1. The van der Waals surface area contributed by atoms with Gasteiger partial charge in [0.2, 0.25) is 0 Å². The van der Waals surface area contributed by atoms with E-state index in [-0.39, 0.29) is 5.78 Å². The van der Waals surface area contributed by atoms with Gasteiger partial charge in [-0.05, 0) is 38.1 Å². The van der Waals surface area contributed by atoms with E-state index in [1.165, 1.54) is 5.56 Å². The maximum absolute atomic E-state index is 11.5. The number of nitrogens with zero attached hydrogens (tertiary/aromatic N) is 1. The largest absolute Gasteiger partial charge is 0.491 e. The molecule has 0 saturated heterocycles. The fourth-order valence-corrected chi connectivity index (χ4v) is 2.10. The highest BCUT2D eigenvalue weighted by molar-refractivity contribution is 5.96. The summed E-state index contributed by atoms with van der Waals surface area (Å²) in [5.41, 5.74) is 3.04. The first-order valence-electron chi connectivity index (χ1n) is 7.08. The van der Waals surface area contributed by atoms with Crippen molar-refractivity contribution >= 4 is 11.5 Å². The number of aryl methyl sites for hydroxylation is 1. The quantitative estimate of drug-likeness (QED) is 0.757. The smallest absolute Gasteiger partial charge is 0.163 e. The van der Waals surface area contributed by atoms with Crippen molar-refractivity contribution in [3.63, 3.8) is 0 Å². The fraction of sp³-hybridized carbons (Fsp3) is 0.278. The topological polar surface area (TPSA) is 29.5 Å². The van der Waals surface area contributed by atoms with Crippen molar-refractivity contribution in [3.05, 3.63) is 59.7 Å². The molecule has 0 aliphatic carbocycles. The second-order valence-electron chi connectivity index (χ2n) is 5.16. The van der Waals surface area contributed by atoms with Gasteiger partial charge in [0, 0.05) is 12.7 Å². The molecular weight excluding hydrogens is 262 g/mol. The van der Waals surface area contributed by atoms with Crippen LogP contribution in [0.2, 0.25) is 0 Å². The van der Waals surface area contributed by atoms with Crippen LogP contribution in [-0.2, 0) is 0 Å². The van der Waals surface area contributed by atoms with Gasteiger partial charge >= 0.3 is 0 Å². The van der Waals surface area contributed by atoms with Crippen LogP contribution >= 0.6 is 0 Å². The molecule has 0 aliphatic rings. The summed E-state index contributed by atoms with van der Waals surface area (Å²) in [7, 11) is 2.03. The Morgan fingerprint density at radius 3 is 2.43 bits per heavy atom. The van der Waals surface area contributed by atoms with E-state index >= 15 is 0 Å². The van der Waals surface area contributed by atoms with Crippen LogP contribution in [0.15, 0.2) is 48.5 Å². The van der Waals surface area contributed by atoms with Crippen molar-refractivity contribution in [2.75, 3.05) is 25.1 Å². The third-order valence-electron chi connectivity index (χ3n) is 3.43. The van der Waals surface area contributed by atoms with E-state index in [9.17, 15) is 4.79 Å². The zero-order valence-corrected chi connectivity index (χ0v) is 12.8. The summed E-state index contributed by atoms with van der Waals surface area (Å²) in [5.74, 6) is 0.680. The lowest BCUT2D eigenvalue weighted by molar-refractivity contribution is 0.101. The molecule has 0 spiro atoms. The molecule has 0 radical (unpaired) electrons. The molecule has 3 heteroatoms. The molecule has 0 saturated carbocycles. The standard InChI is InChI=1S/C18H21NO2/c1-14-8-10-16(11-9-14)19(3)12-13-21-18-7-5-4-6-17(18)15(2)20/h4-11H,12-13H2,1-3H3. The Morgan fingerprint density at radius 2 is 1.76 bits per heavy atom. The van der Waals surface area contributed by atoms with Gasteiger partial charge in [0.1, 0.15) is 12.4 Å². The number of benzene rings is 2. The van der Waals surface area contributed by atoms with Crippen LogP contribution in [0.4, 0.5) is 5.69 Å². The minimum atomic E-state index is 0.0255. The Morgan fingerprint density at radius 1 is 1.10 bits per heavy atom. The Balaban J connectivity index is 1.92. The summed E-state index contributed by atoms with van der Waals surface area (Å²) < 4.78 is 5.75. The number of hydrogen-bond donors (Lipinski definition) is 0. The molecular formula is C18H21NO2. The Kier molecular flexibility index (Phi) is 4.99. The molecule has 2 aromatic carbocycles. The van der Waals surface area contributed by atoms with Gasteiger partial charge in [0.05, 0.1) is 12.1 Å². The van der Waals surface area contributed by atoms with Crippen LogP contribution in [0.1, 0.15) is 22.8 Å². The molecule has 0 N–H and O–H groups in total.